The van der Waals surface area contributed by atoms with Gasteiger partial charge in [-0.25, -0.2) is 4.39 Å². The van der Waals surface area contributed by atoms with Crippen molar-refractivity contribution in [2.45, 2.75) is 24.3 Å². The third kappa shape index (κ3) is 4.41. The highest BCUT2D eigenvalue weighted by Gasteiger charge is 2.06. The zero-order valence-corrected chi connectivity index (χ0v) is 10.2. The summed E-state index contributed by atoms with van der Waals surface area (Å²) >= 11 is 7.38. The van der Waals surface area contributed by atoms with E-state index < -0.39 is 0 Å². The highest BCUT2D eigenvalue weighted by Crippen LogP contribution is 2.23. The minimum absolute atomic E-state index is 0.227. The number of halogens is 2. The van der Waals surface area contributed by atoms with Crippen LogP contribution in [0.1, 0.15) is 18.9 Å². The second-order valence-corrected chi connectivity index (χ2v) is 5.30. The summed E-state index contributed by atoms with van der Waals surface area (Å²) in [6.07, 6.45) is 0.958. The summed E-state index contributed by atoms with van der Waals surface area (Å²) in [6, 6.07) is 4.80. The Balaban J connectivity index is 2.50. The SMILES string of the molecule is CC(CCN)SCc1ccc(Cl)cc1F. The van der Waals surface area contributed by atoms with Crippen molar-refractivity contribution in [1.82, 2.24) is 0 Å². The molecule has 1 aromatic carbocycles. The summed E-state index contributed by atoms with van der Waals surface area (Å²) in [5, 5.41) is 0.904. The smallest absolute Gasteiger partial charge is 0.128 e. The van der Waals surface area contributed by atoms with Crippen LogP contribution in [0.2, 0.25) is 5.02 Å². The van der Waals surface area contributed by atoms with E-state index in [0.29, 0.717) is 28.1 Å². The van der Waals surface area contributed by atoms with Crippen LogP contribution in [-0.4, -0.2) is 11.8 Å². The average Bonchev–Trinajstić information content (AvgIpc) is 2.17. The number of hydrogen-bond donors (Lipinski definition) is 1. The van der Waals surface area contributed by atoms with Crippen molar-refractivity contribution in [1.29, 1.82) is 0 Å². The number of hydrogen-bond acceptors (Lipinski definition) is 2. The van der Waals surface area contributed by atoms with Crippen molar-refractivity contribution in [2.75, 3.05) is 6.54 Å². The second kappa shape index (κ2) is 6.36. The fourth-order valence-corrected chi connectivity index (χ4v) is 2.35. The summed E-state index contributed by atoms with van der Waals surface area (Å²) in [6.45, 7) is 2.78. The summed E-state index contributed by atoms with van der Waals surface area (Å²) in [4.78, 5) is 0. The lowest BCUT2D eigenvalue weighted by atomic mass is 10.2. The maximum Gasteiger partial charge on any atom is 0.128 e. The van der Waals surface area contributed by atoms with Crippen LogP contribution in [-0.2, 0) is 5.75 Å². The molecule has 4 heteroatoms. The van der Waals surface area contributed by atoms with Crippen molar-refractivity contribution in [3.05, 3.63) is 34.6 Å². The molecule has 1 aromatic rings. The predicted molar refractivity (Wildman–Crippen MR) is 65.8 cm³/mol. The lowest BCUT2D eigenvalue weighted by Crippen LogP contribution is -2.07. The van der Waals surface area contributed by atoms with E-state index in [4.69, 9.17) is 17.3 Å². The summed E-state index contributed by atoms with van der Waals surface area (Å²) in [5.74, 6) is 0.444. The number of rotatable bonds is 5. The Morgan fingerprint density at radius 2 is 2.27 bits per heavy atom. The molecule has 0 aliphatic carbocycles. The van der Waals surface area contributed by atoms with E-state index in [2.05, 4.69) is 6.92 Å². The van der Waals surface area contributed by atoms with E-state index >= 15 is 0 Å². The molecule has 0 aliphatic heterocycles. The highest BCUT2D eigenvalue weighted by molar-refractivity contribution is 7.99. The van der Waals surface area contributed by atoms with E-state index in [1.54, 1.807) is 23.9 Å². The molecule has 1 rings (SSSR count). The van der Waals surface area contributed by atoms with Gasteiger partial charge in [-0.3, -0.25) is 0 Å². The Hall–Kier alpha value is -0.250. The van der Waals surface area contributed by atoms with E-state index in [1.807, 2.05) is 0 Å². The van der Waals surface area contributed by atoms with Gasteiger partial charge in [0, 0.05) is 16.0 Å². The molecule has 1 nitrogen and oxygen atoms in total. The van der Waals surface area contributed by atoms with E-state index in [-0.39, 0.29) is 5.82 Å². The van der Waals surface area contributed by atoms with Gasteiger partial charge in [0.15, 0.2) is 0 Å². The van der Waals surface area contributed by atoms with Crippen LogP contribution >= 0.6 is 23.4 Å². The Kier molecular flexibility index (Phi) is 5.43. The monoisotopic (exact) mass is 247 g/mol. The summed E-state index contributed by atoms with van der Waals surface area (Å²) < 4.78 is 13.4. The molecular formula is C11H15ClFNS. The van der Waals surface area contributed by atoms with Crippen LogP contribution in [0, 0.1) is 5.82 Å². The molecule has 1 atom stereocenters. The first-order valence-electron chi connectivity index (χ1n) is 4.89. The van der Waals surface area contributed by atoms with E-state index in [9.17, 15) is 4.39 Å². The minimum atomic E-state index is -0.227. The molecular weight excluding hydrogens is 233 g/mol. The topological polar surface area (TPSA) is 26.0 Å². The Morgan fingerprint density at radius 1 is 1.53 bits per heavy atom. The molecule has 2 N–H and O–H groups in total. The standard InChI is InChI=1S/C11H15ClFNS/c1-8(4-5-14)15-7-9-2-3-10(12)6-11(9)13/h2-3,6,8H,4-5,7,14H2,1H3. The zero-order valence-electron chi connectivity index (χ0n) is 8.67. The maximum atomic E-state index is 13.4. The predicted octanol–water partition coefficient (Wildman–Crippen LogP) is 3.45. The van der Waals surface area contributed by atoms with Gasteiger partial charge >= 0.3 is 0 Å². The second-order valence-electron chi connectivity index (χ2n) is 3.43. The quantitative estimate of drug-likeness (QED) is 0.863. The lowest BCUT2D eigenvalue weighted by molar-refractivity contribution is 0.617. The van der Waals surface area contributed by atoms with Crippen molar-refractivity contribution >= 4 is 23.4 Å². The van der Waals surface area contributed by atoms with Crippen LogP contribution in [0.25, 0.3) is 0 Å². The normalized spacial score (nSPS) is 12.8. The molecule has 1 unspecified atom stereocenters. The van der Waals surface area contributed by atoms with Crippen LogP contribution in [0.4, 0.5) is 4.39 Å². The molecule has 0 spiro atoms. The minimum Gasteiger partial charge on any atom is -0.330 e. The Bertz CT molecular complexity index is 319. The van der Waals surface area contributed by atoms with Gasteiger partial charge in [0.1, 0.15) is 5.82 Å². The first-order chi connectivity index (χ1) is 7.13. The van der Waals surface area contributed by atoms with Gasteiger partial charge in [-0.2, -0.15) is 11.8 Å². The van der Waals surface area contributed by atoms with Gasteiger partial charge < -0.3 is 5.73 Å². The average molecular weight is 248 g/mol. The highest BCUT2D eigenvalue weighted by atomic mass is 35.5. The van der Waals surface area contributed by atoms with E-state index in [1.165, 1.54) is 6.07 Å². The van der Waals surface area contributed by atoms with Crippen LogP contribution < -0.4 is 5.73 Å². The van der Waals surface area contributed by atoms with Crippen molar-refractivity contribution in [2.24, 2.45) is 5.73 Å². The van der Waals surface area contributed by atoms with Crippen LogP contribution in [0.3, 0.4) is 0 Å². The third-order valence-electron chi connectivity index (χ3n) is 2.11. The molecule has 0 radical (unpaired) electrons. The third-order valence-corrected chi connectivity index (χ3v) is 3.63. The number of thioether (sulfide) groups is 1. The van der Waals surface area contributed by atoms with Gasteiger partial charge in [0.2, 0.25) is 0 Å². The van der Waals surface area contributed by atoms with Crippen LogP contribution in [0.5, 0.6) is 0 Å². The molecule has 0 fully saturated rings. The molecule has 0 aromatic heterocycles. The fraction of sp³-hybridized carbons (Fsp3) is 0.455. The van der Waals surface area contributed by atoms with Crippen LogP contribution in [0.15, 0.2) is 18.2 Å². The van der Waals surface area contributed by atoms with Gasteiger partial charge in [-0.1, -0.05) is 24.6 Å². The molecule has 0 saturated heterocycles. The van der Waals surface area contributed by atoms with Gasteiger partial charge in [0.25, 0.3) is 0 Å². The number of benzene rings is 1. The first-order valence-corrected chi connectivity index (χ1v) is 6.31. The molecule has 0 heterocycles. The largest absolute Gasteiger partial charge is 0.330 e. The molecule has 0 saturated carbocycles. The summed E-state index contributed by atoms with van der Waals surface area (Å²) in [5.41, 5.74) is 6.15. The lowest BCUT2D eigenvalue weighted by Gasteiger charge is -2.10. The Labute approximate surface area is 99.2 Å². The molecule has 84 valence electrons. The van der Waals surface area contributed by atoms with Gasteiger partial charge in [-0.15, -0.1) is 0 Å². The number of nitrogens with two attached hydrogens (primary N) is 1. The van der Waals surface area contributed by atoms with Gasteiger partial charge in [-0.05, 0) is 30.7 Å². The molecule has 0 amide bonds. The van der Waals surface area contributed by atoms with Crippen molar-refractivity contribution < 1.29 is 4.39 Å². The zero-order chi connectivity index (χ0) is 11.3. The molecule has 15 heavy (non-hydrogen) atoms. The molecule has 0 bridgehead atoms. The Morgan fingerprint density at radius 3 is 2.87 bits per heavy atom. The maximum absolute atomic E-state index is 13.4. The first kappa shape index (κ1) is 12.8. The van der Waals surface area contributed by atoms with Gasteiger partial charge in [0.05, 0.1) is 0 Å². The van der Waals surface area contributed by atoms with Crippen molar-refractivity contribution in [3.8, 4) is 0 Å². The molecule has 0 aliphatic rings. The van der Waals surface area contributed by atoms with E-state index in [0.717, 1.165) is 6.42 Å². The summed E-state index contributed by atoms with van der Waals surface area (Å²) in [7, 11) is 0. The van der Waals surface area contributed by atoms with Crippen molar-refractivity contribution in [3.63, 3.8) is 0 Å². The fourth-order valence-electron chi connectivity index (χ4n) is 1.19.